The second kappa shape index (κ2) is 15.1. The molecule has 0 atom stereocenters. The van der Waals surface area contributed by atoms with Gasteiger partial charge in [-0.05, 0) is 105 Å². The third-order valence-corrected chi connectivity index (χ3v) is 10.5. The second-order valence-electron chi connectivity index (χ2n) is 8.36. The maximum absolute atomic E-state index is 4.85. The maximum atomic E-state index is 4.85. The van der Waals surface area contributed by atoms with E-state index in [2.05, 4.69) is 41.8 Å². The van der Waals surface area contributed by atoms with Crippen molar-refractivity contribution < 1.29 is 0 Å². The van der Waals surface area contributed by atoms with Gasteiger partial charge in [0.05, 0.1) is 0 Å². The molecule has 43 heavy (non-hydrogen) atoms. The molecule has 6 aromatic rings. The minimum Gasteiger partial charge on any atom is -0.234 e. The monoisotopic (exact) mass is 780 g/mol. The molecule has 212 valence electrons. The quantitative estimate of drug-likeness (QED) is 0.125. The van der Waals surface area contributed by atoms with E-state index in [1.54, 1.807) is 0 Å². The van der Waals surface area contributed by atoms with E-state index in [0.29, 0.717) is 0 Å². The van der Waals surface area contributed by atoms with Gasteiger partial charge in [0, 0.05) is 0 Å². The van der Waals surface area contributed by atoms with E-state index in [-0.39, 0.29) is 0 Å². The first-order chi connectivity index (χ1) is 21.0. The van der Waals surface area contributed by atoms with Crippen LogP contribution in [0.3, 0.4) is 0 Å². The average Bonchev–Trinajstić information content (AvgIpc) is 2.98. The van der Waals surface area contributed by atoms with Crippen LogP contribution in [0.5, 0.6) is 0 Å². The third kappa shape index (κ3) is 9.30. The molecule has 6 heterocycles. The van der Waals surface area contributed by atoms with Crippen molar-refractivity contribution in [3.8, 4) is 0 Å². The van der Waals surface area contributed by atoms with Crippen LogP contribution in [-0.2, 0) is 0 Å². The highest BCUT2D eigenvalue weighted by Crippen LogP contribution is 2.34. The van der Waals surface area contributed by atoms with Gasteiger partial charge in [0.1, 0.15) is 59.5 Å². The van der Waals surface area contributed by atoms with Crippen molar-refractivity contribution in [1.82, 2.24) is 29.9 Å². The van der Waals surface area contributed by atoms with Gasteiger partial charge in [-0.1, -0.05) is 95.2 Å². The van der Waals surface area contributed by atoms with E-state index in [0.717, 1.165) is 59.5 Å². The lowest BCUT2D eigenvalue weighted by Gasteiger charge is -2.07. The SMILES string of the molecule is Brc1cccc(Sc2cccc(Sc3cccc(Sc4cccc(Sc5cccc(Sc6cccc(Br)n6)n5)n4)n3)n2)n1. The van der Waals surface area contributed by atoms with Crippen LogP contribution in [0.1, 0.15) is 0 Å². The van der Waals surface area contributed by atoms with E-state index in [1.807, 2.05) is 109 Å². The highest BCUT2D eigenvalue weighted by atomic mass is 79.9. The van der Waals surface area contributed by atoms with Crippen LogP contribution in [0.15, 0.2) is 169 Å². The van der Waals surface area contributed by atoms with Crippen LogP contribution in [0.4, 0.5) is 0 Å². The number of nitrogens with zero attached hydrogens (tertiary/aromatic N) is 6. The second-order valence-corrected chi connectivity index (χ2v) is 15.2. The molecule has 0 aliphatic rings. The van der Waals surface area contributed by atoms with Crippen molar-refractivity contribution >= 4 is 90.7 Å². The van der Waals surface area contributed by atoms with Crippen molar-refractivity contribution in [3.63, 3.8) is 0 Å². The molecular weight excluding hydrogens is 765 g/mol. The van der Waals surface area contributed by atoms with Gasteiger partial charge < -0.3 is 0 Å². The van der Waals surface area contributed by atoms with Crippen molar-refractivity contribution in [2.75, 3.05) is 0 Å². The Morgan fingerprint density at radius 1 is 0.279 bits per heavy atom. The summed E-state index contributed by atoms with van der Waals surface area (Å²) in [5.74, 6) is 0. The lowest BCUT2D eigenvalue weighted by Crippen LogP contribution is -1.89. The van der Waals surface area contributed by atoms with Crippen molar-refractivity contribution in [3.05, 3.63) is 118 Å². The van der Waals surface area contributed by atoms with Crippen molar-refractivity contribution in [2.45, 2.75) is 50.3 Å². The van der Waals surface area contributed by atoms with Crippen LogP contribution in [-0.4, -0.2) is 29.9 Å². The fourth-order valence-electron chi connectivity index (χ4n) is 3.47. The van der Waals surface area contributed by atoms with Gasteiger partial charge in [0.2, 0.25) is 0 Å². The summed E-state index contributed by atoms with van der Waals surface area (Å²) < 4.78 is 1.60. The lowest BCUT2D eigenvalue weighted by molar-refractivity contribution is 0.958. The molecule has 6 nitrogen and oxygen atoms in total. The zero-order valence-electron chi connectivity index (χ0n) is 21.9. The van der Waals surface area contributed by atoms with E-state index in [4.69, 9.17) is 19.9 Å². The zero-order valence-corrected chi connectivity index (χ0v) is 29.1. The van der Waals surface area contributed by atoms with Gasteiger partial charge in [-0.3, -0.25) is 0 Å². The van der Waals surface area contributed by atoms with Crippen LogP contribution < -0.4 is 0 Å². The number of aromatic nitrogens is 6. The van der Waals surface area contributed by atoms with E-state index >= 15 is 0 Å². The van der Waals surface area contributed by atoms with Crippen LogP contribution in [0.25, 0.3) is 0 Å². The maximum Gasteiger partial charge on any atom is 0.107 e. The minimum atomic E-state index is 0.801. The molecule has 0 unspecified atom stereocenters. The molecule has 0 bridgehead atoms. The molecule has 0 saturated heterocycles. The molecule has 0 saturated carbocycles. The summed E-state index contributed by atoms with van der Waals surface area (Å²) in [6, 6.07) is 35.6. The summed E-state index contributed by atoms with van der Waals surface area (Å²) >= 11 is 14.5. The number of hydrogen-bond donors (Lipinski definition) is 0. The van der Waals surface area contributed by atoms with Crippen molar-refractivity contribution in [1.29, 1.82) is 0 Å². The predicted molar refractivity (Wildman–Crippen MR) is 181 cm³/mol. The average molecular weight is 783 g/mol. The molecule has 0 N–H and O–H groups in total. The van der Waals surface area contributed by atoms with Crippen LogP contribution in [0, 0.1) is 0 Å². The molecule has 6 rings (SSSR count). The largest absolute Gasteiger partial charge is 0.234 e. The lowest BCUT2D eigenvalue weighted by atomic mass is 10.5. The Balaban J connectivity index is 1.10. The van der Waals surface area contributed by atoms with Crippen LogP contribution >= 0.6 is 90.7 Å². The molecule has 0 amide bonds. The smallest absolute Gasteiger partial charge is 0.107 e. The molecular formula is C30H18Br2N6S5. The number of hydrogen-bond acceptors (Lipinski definition) is 11. The fraction of sp³-hybridized carbons (Fsp3) is 0. The standard InChI is InChI=1S/C30H18Br2N6S5/c31-19-7-1-9-21(33-19)39-23-11-3-13-25(35-23)41-27-15-5-17-29(37-27)43-30-18-6-16-28(38-30)42-26-14-4-12-24(36-26)40-22-10-2-8-20(32)34-22/h1-18H. The number of rotatable bonds is 10. The van der Waals surface area contributed by atoms with Gasteiger partial charge >= 0.3 is 0 Å². The molecule has 0 fully saturated rings. The number of halogens is 2. The Hall–Kier alpha value is -2.39. The summed E-state index contributed by atoms with van der Waals surface area (Å²) in [5, 5.41) is 8.72. The van der Waals surface area contributed by atoms with E-state index in [9.17, 15) is 0 Å². The molecule has 13 heteroatoms. The Morgan fingerprint density at radius 2 is 0.465 bits per heavy atom. The summed E-state index contributed by atoms with van der Waals surface area (Å²) in [7, 11) is 0. The van der Waals surface area contributed by atoms with Crippen LogP contribution in [0.2, 0.25) is 0 Å². The summed E-state index contributed by atoms with van der Waals surface area (Å²) in [4.78, 5) is 28.2. The first-order valence-corrected chi connectivity index (χ1v) is 18.2. The Bertz CT molecular complexity index is 1750. The molecule has 0 spiro atoms. The van der Waals surface area contributed by atoms with E-state index < -0.39 is 0 Å². The topological polar surface area (TPSA) is 77.3 Å². The highest BCUT2D eigenvalue weighted by molar-refractivity contribution is 9.10. The molecule has 0 radical (unpaired) electrons. The zero-order chi connectivity index (χ0) is 29.4. The number of pyridine rings is 6. The highest BCUT2D eigenvalue weighted by Gasteiger charge is 2.09. The van der Waals surface area contributed by atoms with Gasteiger partial charge in [-0.15, -0.1) is 0 Å². The molecule has 6 aromatic heterocycles. The Morgan fingerprint density at radius 3 is 0.674 bits per heavy atom. The van der Waals surface area contributed by atoms with Gasteiger partial charge in [0.15, 0.2) is 0 Å². The minimum absolute atomic E-state index is 0.801. The molecule has 0 aliphatic carbocycles. The first kappa shape index (κ1) is 30.6. The van der Waals surface area contributed by atoms with Gasteiger partial charge in [0.25, 0.3) is 0 Å². The van der Waals surface area contributed by atoms with E-state index in [1.165, 1.54) is 58.8 Å². The Kier molecular flexibility index (Phi) is 10.7. The third-order valence-electron chi connectivity index (χ3n) is 5.22. The Labute approximate surface area is 286 Å². The van der Waals surface area contributed by atoms with Gasteiger partial charge in [-0.25, -0.2) is 29.9 Å². The van der Waals surface area contributed by atoms with Gasteiger partial charge in [-0.2, -0.15) is 0 Å². The predicted octanol–water partition coefficient (Wildman–Crippen LogP) is 10.3. The summed E-state index contributed by atoms with van der Waals surface area (Å²) in [6.45, 7) is 0. The molecule has 0 aromatic carbocycles. The fourth-order valence-corrected chi connectivity index (χ4v) is 8.60. The summed E-state index contributed by atoms with van der Waals surface area (Å²) in [6.07, 6.45) is 0. The van der Waals surface area contributed by atoms with Crippen molar-refractivity contribution in [2.24, 2.45) is 0 Å². The molecule has 0 aliphatic heterocycles. The first-order valence-electron chi connectivity index (χ1n) is 12.6. The summed E-state index contributed by atoms with van der Waals surface area (Å²) in [5.41, 5.74) is 0. The normalized spacial score (nSPS) is 11.0.